The summed E-state index contributed by atoms with van der Waals surface area (Å²) in [4.78, 5) is 0. The molecule has 0 saturated carbocycles. The summed E-state index contributed by atoms with van der Waals surface area (Å²) in [7, 11) is 0. The molecule has 2 heteroatoms. The topological polar surface area (TPSA) is 25.2 Å². The van der Waals surface area contributed by atoms with Crippen LogP contribution in [-0.4, -0.2) is 12.6 Å². The molecule has 2 atom stereocenters. The van der Waals surface area contributed by atoms with Crippen LogP contribution in [0.25, 0.3) is 11.0 Å². The van der Waals surface area contributed by atoms with Crippen molar-refractivity contribution in [3.63, 3.8) is 0 Å². The number of para-hydroxylation sites is 1. The number of furan rings is 1. The van der Waals surface area contributed by atoms with Crippen LogP contribution in [-0.2, 0) is 0 Å². The molecule has 86 valence electrons. The summed E-state index contributed by atoms with van der Waals surface area (Å²) in [6.07, 6.45) is 0. The van der Waals surface area contributed by atoms with E-state index in [-0.39, 0.29) is 0 Å². The molecule has 0 bridgehead atoms. The average molecular weight is 217 g/mol. The molecule has 0 fully saturated rings. The van der Waals surface area contributed by atoms with Crippen molar-refractivity contribution in [1.82, 2.24) is 5.32 Å². The van der Waals surface area contributed by atoms with Crippen molar-refractivity contribution in [3.8, 4) is 0 Å². The third-order valence-corrected chi connectivity index (χ3v) is 3.17. The second-order valence-electron chi connectivity index (χ2n) is 4.32. The minimum atomic E-state index is 0.396. The van der Waals surface area contributed by atoms with E-state index in [0.29, 0.717) is 12.0 Å². The van der Waals surface area contributed by atoms with Crippen LogP contribution in [0.2, 0.25) is 0 Å². The fourth-order valence-corrected chi connectivity index (χ4v) is 1.97. The molecule has 2 nitrogen and oxygen atoms in total. The van der Waals surface area contributed by atoms with Crippen LogP contribution >= 0.6 is 0 Å². The Labute approximate surface area is 96.6 Å². The van der Waals surface area contributed by atoms with Gasteiger partial charge in [-0.05, 0) is 25.6 Å². The number of fused-ring (bicyclic) bond motifs is 1. The quantitative estimate of drug-likeness (QED) is 0.847. The van der Waals surface area contributed by atoms with E-state index in [1.165, 1.54) is 5.39 Å². The third kappa shape index (κ3) is 2.12. The minimum absolute atomic E-state index is 0.396. The van der Waals surface area contributed by atoms with Crippen molar-refractivity contribution in [1.29, 1.82) is 0 Å². The van der Waals surface area contributed by atoms with Gasteiger partial charge in [0.05, 0.1) is 0 Å². The van der Waals surface area contributed by atoms with Gasteiger partial charge in [0.25, 0.3) is 0 Å². The first kappa shape index (κ1) is 11.2. The highest BCUT2D eigenvalue weighted by molar-refractivity contribution is 5.77. The Kier molecular flexibility index (Phi) is 3.30. The second kappa shape index (κ2) is 4.71. The van der Waals surface area contributed by atoms with E-state index in [2.05, 4.69) is 38.2 Å². The largest absolute Gasteiger partial charge is 0.461 e. The zero-order valence-electron chi connectivity index (χ0n) is 10.2. The molecule has 0 aliphatic carbocycles. The number of likely N-dealkylation sites (N-methyl/N-ethyl adjacent to an activating group) is 1. The highest BCUT2D eigenvalue weighted by Gasteiger charge is 2.17. The van der Waals surface area contributed by atoms with Gasteiger partial charge in [0, 0.05) is 17.3 Å². The number of rotatable bonds is 4. The first-order chi connectivity index (χ1) is 7.72. The molecule has 1 N–H and O–H groups in total. The zero-order chi connectivity index (χ0) is 11.5. The molecule has 2 aromatic rings. The smallest absolute Gasteiger partial charge is 0.134 e. The molecule has 0 amide bonds. The Morgan fingerprint density at radius 3 is 2.69 bits per heavy atom. The SMILES string of the molecule is CCNC(C)C(C)c1cc2ccccc2o1. The summed E-state index contributed by atoms with van der Waals surface area (Å²) < 4.78 is 5.86. The number of hydrogen-bond donors (Lipinski definition) is 1. The summed E-state index contributed by atoms with van der Waals surface area (Å²) in [5, 5.41) is 4.62. The summed E-state index contributed by atoms with van der Waals surface area (Å²) >= 11 is 0. The van der Waals surface area contributed by atoms with Gasteiger partial charge in [-0.25, -0.2) is 0 Å². The maximum absolute atomic E-state index is 5.86. The molecule has 1 aromatic carbocycles. The van der Waals surface area contributed by atoms with E-state index in [4.69, 9.17) is 4.42 Å². The Morgan fingerprint density at radius 2 is 2.00 bits per heavy atom. The van der Waals surface area contributed by atoms with Gasteiger partial charge in [-0.3, -0.25) is 0 Å². The van der Waals surface area contributed by atoms with Crippen LogP contribution in [0.5, 0.6) is 0 Å². The molecule has 0 aliphatic heterocycles. The van der Waals surface area contributed by atoms with Crippen molar-refractivity contribution in [3.05, 3.63) is 36.1 Å². The van der Waals surface area contributed by atoms with Gasteiger partial charge in [-0.15, -0.1) is 0 Å². The molecule has 1 heterocycles. The van der Waals surface area contributed by atoms with Crippen molar-refractivity contribution in [2.75, 3.05) is 6.54 Å². The fraction of sp³-hybridized carbons (Fsp3) is 0.429. The lowest BCUT2D eigenvalue weighted by molar-refractivity contribution is 0.422. The van der Waals surface area contributed by atoms with Crippen LogP contribution in [0, 0.1) is 0 Å². The van der Waals surface area contributed by atoms with E-state index in [0.717, 1.165) is 17.9 Å². The molecular weight excluding hydrogens is 198 g/mol. The van der Waals surface area contributed by atoms with Gasteiger partial charge in [0.2, 0.25) is 0 Å². The molecule has 0 aliphatic rings. The van der Waals surface area contributed by atoms with Crippen molar-refractivity contribution in [2.45, 2.75) is 32.7 Å². The van der Waals surface area contributed by atoms with Crippen LogP contribution < -0.4 is 5.32 Å². The highest BCUT2D eigenvalue weighted by Crippen LogP contribution is 2.26. The van der Waals surface area contributed by atoms with Crippen LogP contribution in [0.1, 0.15) is 32.4 Å². The molecule has 16 heavy (non-hydrogen) atoms. The fourth-order valence-electron chi connectivity index (χ4n) is 1.97. The average Bonchev–Trinajstić information content (AvgIpc) is 2.71. The van der Waals surface area contributed by atoms with Crippen molar-refractivity contribution >= 4 is 11.0 Å². The van der Waals surface area contributed by atoms with E-state index < -0.39 is 0 Å². The highest BCUT2D eigenvalue weighted by atomic mass is 16.3. The second-order valence-corrected chi connectivity index (χ2v) is 4.32. The van der Waals surface area contributed by atoms with Gasteiger partial charge in [0.1, 0.15) is 11.3 Å². The molecule has 2 unspecified atom stereocenters. The van der Waals surface area contributed by atoms with Crippen LogP contribution in [0.3, 0.4) is 0 Å². The first-order valence-electron chi connectivity index (χ1n) is 5.94. The Bertz CT molecular complexity index is 427. The van der Waals surface area contributed by atoms with E-state index in [1.807, 2.05) is 18.2 Å². The maximum Gasteiger partial charge on any atom is 0.134 e. The first-order valence-corrected chi connectivity index (χ1v) is 5.94. The zero-order valence-corrected chi connectivity index (χ0v) is 10.2. The lowest BCUT2D eigenvalue weighted by atomic mass is 10.0. The molecule has 2 rings (SSSR count). The van der Waals surface area contributed by atoms with E-state index in [1.54, 1.807) is 0 Å². The standard InChI is InChI=1S/C14H19NO/c1-4-15-11(3)10(2)14-9-12-7-5-6-8-13(12)16-14/h5-11,15H,4H2,1-3H3. The Balaban J connectivity index is 2.26. The van der Waals surface area contributed by atoms with Crippen LogP contribution in [0.15, 0.2) is 34.7 Å². The molecule has 0 radical (unpaired) electrons. The van der Waals surface area contributed by atoms with Crippen LogP contribution in [0.4, 0.5) is 0 Å². The van der Waals surface area contributed by atoms with Crippen molar-refractivity contribution in [2.24, 2.45) is 0 Å². The van der Waals surface area contributed by atoms with E-state index >= 15 is 0 Å². The normalized spacial score (nSPS) is 15.2. The lowest BCUT2D eigenvalue weighted by Crippen LogP contribution is -2.30. The minimum Gasteiger partial charge on any atom is -0.461 e. The van der Waals surface area contributed by atoms with Crippen molar-refractivity contribution < 1.29 is 4.42 Å². The summed E-state index contributed by atoms with van der Waals surface area (Å²) in [5.74, 6) is 1.46. The predicted octanol–water partition coefficient (Wildman–Crippen LogP) is 3.53. The van der Waals surface area contributed by atoms with Gasteiger partial charge < -0.3 is 9.73 Å². The Morgan fingerprint density at radius 1 is 1.25 bits per heavy atom. The number of nitrogens with one attached hydrogen (secondary N) is 1. The third-order valence-electron chi connectivity index (χ3n) is 3.17. The maximum atomic E-state index is 5.86. The summed E-state index contributed by atoms with van der Waals surface area (Å²) in [5.41, 5.74) is 0.980. The van der Waals surface area contributed by atoms with Gasteiger partial charge in [0.15, 0.2) is 0 Å². The number of hydrogen-bond acceptors (Lipinski definition) is 2. The summed E-state index contributed by atoms with van der Waals surface area (Å²) in [6.45, 7) is 7.51. The molecule has 0 saturated heterocycles. The lowest BCUT2D eigenvalue weighted by Gasteiger charge is -2.18. The van der Waals surface area contributed by atoms with Gasteiger partial charge in [-0.2, -0.15) is 0 Å². The Hall–Kier alpha value is -1.28. The molecule has 1 aromatic heterocycles. The predicted molar refractivity (Wildman–Crippen MR) is 67.8 cm³/mol. The number of benzene rings is 1. The van der Waals surface area contributed by atoms with Gasteiger partial charge >= 0.3 is 0 Å². The summed E-state index contributed by atoms with van der Waals surface area (Å²) in [6, 6.07) is 10.7. The monoisotopic (exact) mass is 217 g/mol. The molecular formula is C14H19NO. The molecule has 0 spiro atoms. The van der Waals surface area contributed by atoms with E-state index in [9.17, 15) is 0 Å². The van der Waals surface area contributed by atoms with Gasteiger partial charge in [-0.1, -0.05) is 32.0 Å².